The molecule has 0 aromatic carbocycles. The SMILES string of the molecule is Cc1ncsc1CN(C)CC1(CC(N)=NO)CC1. The van der Waals surface area contributed by atoms with E-state index in [1.165, 1.54) is 4.88 Å². The van der Waals surface area contributed by atoms with Gasteiger partial charge in [0, 0.05) is 24.4 Å². The number of amidine groups is 1. The lowest BCUT2D eigenvalue weighted by molar-refractivity contribution is 0.257. The summed E-state index contributed by atoms with van der Waals surface area (Å²) in [6.07, 6.45) is 3.01. The third kappa shape index (κ3) is 3.20. The Balaban J connectivity index is 1.88. The summed E-state index contributed by atoms with van der Waals surface area (Å²) in [6, 6.07) is 0. The van der Waals surface area contributed by atoms with Crippen LogP contribution in [0.5, 0.6) is 0 Å². The van der Waals surface area contributed by atoms with Crippen molar-refractivity contribution in [2.75, 3.05) is 13.6 Å². The molecule has 0 atom stereocenters. The summed E-state index contributed by atoms with van der Waals surface area (Å²) in [7, 11) is 2.12. The van der Waals surface area contributed by atoms with Gasteiger partial charge in [-0.1, -0.05) is 5.16 Å². The van der Waals surface area contributed by atoms with Crippen LogP contribution in [0.2, 0.25) is 0 Å². The van der Waals surface area contributed by atoms with Gasteiger partial charge in [-0.15, -0.1) is 11.3 Å². The summed E-state index contributed by atoms with van der Waals surface area (Å²) in [5.74, 6) is 0.342. The summed E-state index contributed by atoms with van der Waals surface area (Å²) in [6.45, 7) is 3.96. The molecular formula is C12H20N4OS. The van der Waals surface area contributed by atoms with Gasteiger partial charge in [-0.3, -0.25) is 0 Å². The molecule has 1 aromatic heterocycles. The zero-order valence-corrected chi connectivity index (χ0v) is 11.7. The summed E-state index contributed by atoms with van der Waals surface area (Å²) >= 11 is 1.70. The van der Waals surface area contributed by atoms with E-state index in [9.17, 15) is 0 Å². The number of aromatic nitrogens is 1. The average Bonchev–Trinajstić information content (AvgIpc) is 2.94. The Morgan fingerprint density at radius 3 is 2.89 bits per heavy atom. The minimum Gasteiger partial charge on any atom is -0.409 e. The predicted molar refractivity (Wildman–Crippen MR) is 72.9 cm³/mol. The first-order valence-electron chi connectivity index (χ1n) is 6.08. The van der Waals surface area contributed by atoms with Crippen molar-refractivity contribution >= 4 is 17.2 Å². The van der Waals surface area contributed by atoms with Crippen LogP contribution in [-0.4, -0.2) is 34.5 Å². The number of hydrogen-bond acceptors (Lipinski definition) is 5. The highest BCUT2D eigenvalue weighted by atomic mass is 32.1. The van der Waals surface area contributed by atoms with E-state index >= 15 is 0 Å². The molecule has 2 rings (SSSR count). The van der Waals surface area contributed by atoms with Crippen molar-refractivity contribution in [1.29, 1.82) is 0 Å². The van der Waals surface area contributed by atoms with Gasteiger partial charge in [-0.05, 0) is 32.2 Å². The van der Waals surface area contributed by atoms with Crippen LogP contribution in [0.25, 0.3) is 0 Å². The lowest BCUT2D eigenvalue weighted by atomic mass is 10.0. The molecular weight excluding hydrogens is 248 g/mol. The Labute approximate surface area is 111 Å². The Morgan fingerprint density at radius 2 is 2.39 bits per heavy atom. The van der Waals surface area contributed by atoms with Crippen LogP contribution in [0.15, 0.2) is 10.7 Å². The van der Waals surface area contributed by atoms with Gasteiger partial charge in [-0.2, -0.15) is 0 Å². The minimum atomic E-state index is 0.226. The second kappa shape index (κ2) is 5.24. The first kappa shape index (κ1) is 13.3. The van der Waals surface area contributed by atoms with Crippen LogP contribution in [0, 0.1) is 12.3 Å². The molecule has 3 N–H and O–H groups in total. The van der Waals surface area contributed by atoms with Gasteiger partial charge in [-0.25, -0.2) is 4.98 Å². The van der Waals surface area contributed by atoms with Crippen LogP contribution < -0.4 is 5.73 Å². The Kier molecular flexibility index (Phi) is 3.87. The van der Waals surface area contributed by atoms with E-state index in [1.54, 1.807) is 11.3 Å². The lowest BCUT2D eigenvalue weighted by Crippen LogP contribution is -2.29. The van der Waals surface area contributed by atoms with Gasteiger partial charge >= 0.3 is 0 Å². The number of rotatable bonds is 6. The van der Waals surface area contributed by atoms with Crippen molar-refractivity contribution in [1.82, 2.24) is 9.88 Å². The molecule has 0 bridgehead atoms. The van der Waals surface area contributed by atoms with E-state index in [4.69, 9.17) is 10.9 Å². The maximum atomic E-state index is 8.65. The fourth-order valence-corrected chi connectivity index (χ4v) is 3.19. The predicted octanol–water partition coefficient (Wildman–Crippen LogP) is 1.80. The van der Waals surface area contributed by atoms with Crippen LogP contribution in [0.1, 0.15) is 29.8 Å². The van der Waals surface area contributed by atoms with E-state index in [1.807, 2.05) is 12.4 Å². The highest BCUT2D eigenvalue weighted by molar-refractivity contribution is 7.09. The number of hydrogen-bond donors (Lipinski definition) is 2. The standard InChI is InChI=1S/C12H20N4OS/c1-9-10(18-8-14-9)6-16(2)7-12(3-4-12)5-11(13)15-17/h8,17H,3-7H2,1-2H3,(H2,13,15). The van der Waals surface area contributed by atoms with Crippen LogP contribution >= 0.6 is 11.3 Å². The molecule has 18 heavy (non-hydrogen) atoms. The molecule has 1 fully saturated rings. The lowest BCUT2D eigenvalue weighted by Gasteiger charge is -2.23. The van der Waals surface area contributed by atoms with Crippen molar-refractivity contribution in [2.24, 2.45) is 16.3 Å². The molecule has 1 saturated carbocycles. The van der Waals surface area contributed by atoms with E-state index < -0.39 is 0 Å². The molecule has 0 unspecified atom stereocenters. The zero-order chi connectivity index (χ0) is 13.2. The van der Waals surface area contributed by atoms with Crippen molar-refractivity contribution in [2.45, 2.75) is 32.7 Å². The van der Waals surface area contributed by atoms with Gasteiger partial charge in [0.1, 0.15) is 5.84 Å². The highest BCUT2D eigenvalue weighted by Gasteiger charge is 2.44. The zero-order valence-electron chi connectivity index (χ0n) is 10.9. The summed E-state index contributed by atoms with van der Waals surface area (Å²) in [4.78, 5) is 7.88. The van der Waals surface area contributed by atoms with E-state index in [-0.39, 0.29) is 5.41 Å². The number of nitrogens with zero attached hydrogens (tertiary/aromatic N) is 3. The highest BCUT2D eigenvalue weighted by Crippen LogP contribution is 2.49. The largest absolute Gasteiger partial charge is 0.409 e. The van der Waals surface area contributed by atoms with Crippen LogP contribution in [0.3, 0.4) is 0 Å². The normalized spacial score (nSPS) is 18.3. The minimum absolute atomic E-state index is 0.226. The van der Waals surface area contributed by atoms with Crippen LogP contribution in [0.4, 0.5) is 0 Å². The first-order chi connectivity index (χ1) is 8.54. The number of oxime groups is 1. The first-order valence-corrected chi connectivity index (χ1v) is 6.96. The molecule has 0 radical (unpaired) electrons. The van der Waals surface area contributed by atoms with Crippen molar-refractivity contribution < 1.29 is 5.21 Å². The topological polar surface area (TPSA) is 74.7 Å². The molecule has 1 heterocycles. The van der Waals surface area contributed by atoms with Gasteiger partial charge < -0.3 is 15.8 Å². The molecule has 0 aliphatic heterocycles. The number of aryl methyl sites for hydroxylation is 1. The molecule has 6 heteroatoms. The van der Waals surface area contributed by atoms with E-state index in [0.29, 0.717) is 12.3 Å². The molecule has 0 saturated heterocycles. The third-order valence-corrected chi connectivity index (χ3v) is 4.43. The van der Waals surface area contributed by atoms with Gasteiger partial charge in [0.15, 0.2) is 0 Å². The monoisotopic (exact) mass is 268 g/mol. The van der Waals surface area contributed by atoms with E-state index in [2.05, 4.69) is 22.1 Å². The second-order valence-electron chi connectivity index (χ2n) is 5.30. The second-order valence-corrected chi connectivity index (χ2v) is 6.24. The molecule has 5 nitrogen and oxygen atoms in total. The molecule has 1 aliphatic carbocycles. The quantitative estimate of drug-likeness (QED) is 0.357. The van der Waals surface area contributed by atoms with Gasteiger partial charge in [0.2, 0.25) is 0 Å². The van der Waals surface area contributed by atoms with Gasteiger partial charge in [0.05, 0.1) is 11.2 Å². The Hall–Kier alpha value is -1.14. The Bertz CT molecular complexity index is 439. The molecule has 0 amide bonds. The summed E-state index contributed by atoms with van der Waals surface area (Å²) in [5.41, 5.74) is 8.84. The molecule has 1 aliphatic rings. The maximum absolute atomic E-state index is 8.65. The smallest absolute Gasteiger partial charge is 0.139 e. The van der Waals surface area contributed by atoms with Gasteiger partial charge in [0.25, 0.3) is 0 Å². The number of thiazole rings is 1. The van der Waals surface area contributed by atoms with E-state index in [0.717, 1.165) is 31.6 Å². The molecule has 0 spiro atoms. The Morgan fingerprint density at radius 1 is 1.67 bits per heavy atom. The van der Waals surface area contributed by atoms with Crippen molar-refractivity contribution in [3.05, 3.63) is 16.1 Å². The fraction of sp³-hybridized carbons (Fsp3) is 0.667. The summed E-state index contributed by atoms with van der Waals surface area (Å²) in [5, 5.41) is 11.7. The molecule has 1 aromatic rings. The summed E-state index contributed by atoms with van der Waals surface area (Å²) < 4.78 is 0. The average molecular weight is 268 g/mol. The van der Waals surface area contributed by atoms with Crippen LogP contribution in [-0.2, 0) is 6.54 Å². The van der Waals surface area contributed by atoms with Crippen molar-refractivity contribution in [3.63, 3.8) is 0 Å². The third-order valence-electron chi connectivity index (χ3n) is 3.51. The molecule has 100 valence electrons. The van der Waals surface area contributed by atoms with Crippen molar-refractivity contribution in [3.8, 4) is 0 Å². The maximum Gasteiger partial charge on any atom is 0.139 e. The fourth-order valence-electron chi connectivity index (χ4n) is 2.34. The number of nitrogens with two attached hydrogens (primary N) is 1.